The molecule has 37 heavy (non-hydrogen) atoms. The van der Waals surface area contributed by atoms with Crippen LogP contribution in [0.5, 0.6) is 0 Å². The lowest BCUT2D eigenvalue weighted by Crippen LogP contribution is -2.28. The predicted molar refractivity (Wildman–Crippen MR) is 145 cm³/mol. The zero-order chi connectivity index (χ0) is 26.4. The van der Waals surface area contributed by atoms with Gasteiger partial charge in [-0.05, 0) is 56.4 Å². The number of carbonyl (C=O) groups is 1. The molecular weight excluding hydrogens is 470 g/mol. The van der Waals surface area contributed by atoms with E-state index in [0.717, 1.165) is 60.8 Å². The molecule has 0 spiro atoms. The minimum absolute atomic E-state index is 0.0532. The van der Waals surface area contributed by atoms with Gasteiger partial charge in [0.1, 0.15) is 0 Å². The number of ether oxygens (including phenoxy) is 1. The van der Waals surface area contributed by atoms with Gasteiger partial charge in [-0.15, -0.1) is 0 Å². The summed E-state index contributed by atoms with van der Waals surface area (Å²) in [5, 5.41) is 6.00. The van der Waals surface area contributed by atoms with Gasteiger partial charge in [-0.2, -0.15) is 5.10 Å². The largest absolute Gasteiger partial charge is 0.381 e. The first-order valence-corrected chi connectivity index (χ1v) is 13.1. The van der Waals surface area contributed by atoms with Gasteiger partial charge in [0.2, 0.25) is 5.56 Å². The molecule has 5 heterocycles. The molecule has 2 saturated heterocycles. The van der Waals surface area contributed by atoms with Crippen LogP contribution in [-0.4, -0.2) is 56.9 Å². The van der Waals surface area contributed by atoms with Crippen LogP contribution in [-0.2, 0) is 4.74 Å². The summed E-state index contributed by atoms with van der Waals surface area (Å²) in [5.74, 6) is 0.0772. The van der Waals surface area contributed by atoms with Crippen molar-refractivity contribution in [3.05, 3.63) is 74.6 Å². The number of fused-ring (bicyclic) bond motifs is 3. The van der Waals surface area contributed by atoms with Crippen molar-refractivity contribution in [3.63, 3.8) is 0 Å². The lowest BCUT2D eigenvalue weighted by atomic mass is 10.0. The van der Waals surface area contributed by atoms with Crippen LogP contribution >= 0.6 is 0 Å². The highest BCUT2D eigenvalue weighted by atomic mass is 16.5. The molecule has 9 heteroatoms. The maximum absolute atomic E-state index is 13.1. The van der Waals surface area contributed by atoms with Crippen LogP contribution in [0.1, 0.15) is 61.5 Å². The van der Waals surface area contributed by atoms with Crippen LogP contribution in [0.3, 0.4) is 0 Å². The molecule has 0 aliphatic carbocycles. The number of benzene rings is 1. The number of hydrogen-bond acceptors (Lipinski definition) is 5. The molecule has 0 unspecified atom stereocenters. The van der Waals surface area contributed by atoms with E-state index < -0.39 is 0 Å². The molecule has 196 valence electrons. The van der Waals surface area contributed by atoms with Crippen LogP contribution < -0.4 is 11.1 Å². The highest BCUT2D eigenvalue weighted by Crippen LogP contribution is 2.30. The lowest BCUT2D eigenvalue weighted by molar-refractivity contribution is 0.0675. The second-order valence-corrected chi connectivity index (χ2v) is 9.09. The van der Waals surface area contributed by atoms with Crippen molar-refractivity contribution < 1.29 is 9.53 Å². The quantitative estimate of drug-likeness (QED) is 0.424. The Morgan fingerprint density at radius 3 is 2.41 bits per heavy atom. The molecule has 2 N–H and O–H groups in total. The highest BCUT2D eigenvalue weighted by molar-refractivity contribution is 6.07. The summed E-state index contributed by atoms with van der Waals surface area (Å²) in [4.78, 5) is 43.3. The van der Waals surface area contributed by atoms with Crippen LogP contribution in [0.2, 0.25) is 0 Å². The lowest BCUT2D eigenvalue weighted by Gasteiger charge is -2.23. The minimum Gasteiger partial charge on any atom is -0.381 e. The van der Waals surface area contributed by atoms with Gasteiger partial charge in [0.05, 0.1) is 28.7 Å². The molecule has 3 aromatic heterocycles. The zero-order valence-corrected chi connectivity index (χ0v) is 21.8. The maximum Gasteiger partial charge on any atom is 0.259 e. The Balaban J connectivity index is 0.000000305. The highest BCUT2D eigenvalue weighted by Gasteiger charge is 2.24. The molecular formula is C28H35N5O4. The van der Waals surface area contributed by atoms with E-state index in [0.29, 0.717) is 24.2 Å². The number of aromatic amines is 2. The summed E-state index contributed by atoms with van der Waals surface area (Å²) >= 11 is 0. The Morgan fingerprint density at radius 1 is 1.05 bits per heavy atom. The second kappa shape index (κ2) is 12.0. The van der Waals surface area contributed by atoms with Crippen molar-refractivity contribution >= 4 is 27.7 Å². The van der Waals surface area contributed by atoms with Crippen molar-refractivity contribution in [3.8, 4) is 0 Å². The average Bonchev–Trinajstić information content (AvgIpc) is 3.62. The van der Waals surface area contributed by atoms with Gasteiger partial charge in [0, 0.05) is 49.5 Å². The van der Waals surface area contributed by atoms with E-state index in [-0.39, 0.29) is 23.1 Å². The number of likely N-dealkylation sites (tertiary alicyclic amines) is 1. The van der Waals surface area contributed by atoms with Crippen molar-refractivity contribution in [2.75, 3.05) is 26.3 Å². The van der Waals surface area contributed by atoms with E-state index in [1.165, 1.54) is 6.07 Å². The van der Waals surface area contributed by atoms with Crippen molar-refractivity contribution in [1.29, 1.82) is 0 Å². The number of rotatable bonds is 2. The van der Waals surface area contributed by atoms with Crippen molar-refractivity contribution in [1.82, 2.24) is 24.6 Å². The Hall–Kier alpha value is -3.72. The number of carbonyl (C=O) groups excluding carboxylic acids is 1. The fraction of sp³-hybridized carbons (Fsp3) is 0.429. The molecule has 0 radical (unpaired) electrons. The number of pyridine rings is 2. The minimum atomic E-state index is -0.140. The zero-order valence-electron chi connectivity index (χ0n) is 21.8. The molecule has 0 atom stereocenters. The standard InChI is InChI=1S/C21H24N4O3.C5H5NO.C2H6/c1-13-10-18-16(11-15(13)21(27)24-6-2-3-7-24)19-17(20(26)23-18)12-22-25(19)14-4-8-28-9-5-14;7-5-3-1-2-4-6-5;1-2/h10-12,14H,2-9H2,1H3,(H,23,26);1-4H,(H,6,7);1-2H3. The molecule has 2 fully saturated rings. The average molecular weight is 506 g/mol. The number of aryl methyl sites for hydroxylation is 1. The number of hydrogen-bond donors (Lipinski definition) is 2. The SMILES string of the molecule is CC.Cc1cc2[nH]c(=O)c3cnn(C4CCOCC4)c3c2cc1C(=O)N1CCCC1.O=c1cccc[nH]1. The van der Waals surface area contributed by atoms with Gasteiger partial charge < -0.3 is 19.6 Å². The van der Waals surface area contributed by atoms with Crippen molar-refractivity contribution in [2.24, 2.45) is 0 Å². The summed E-state index contributed by atoms with van der Waals surface area (Å²) in [5.41, 5.74) is 2.98. The van der Waals surface area contributed by atoms with E-state index in [2.05, 4.69) is 15.1 Å². The molecule has 6 rings (SSSR count). The Bertz CT molecular complexity index is 1460. The topological polar surface area (TPSA) is 113 Å². The number of nitrogens with one attached hydrogen (secondary N) is 2. The molecule has 0 bridgehead atoms. The van der Waals surface area contributed by atoms with E-state index >= 15 is 0 Å². The fourth-order valence-corrected chi connectivity index (χ4v) is 4.90. The van der Waals surface area contributed by atoms with Gasteiger partial charge in [-0.25, -0.2) is 0 Å². The Kier molecular flexibility index (Phi) is 8.55. The summed E-state index contributed by atoms with van der Waals surface area (Å²) in [7, 11) is 0. The molecule has 2 aliphatic heterocycles. The van der Waals surface area contributed by atoms with E-state index in [1.807, 2.05) is 42.5 Å². The van der Waals surface area contributed by atoms with E-state index in [9.17, 15) is 14.4 Å². The Morgan fingerprint density at radius 2 is 1.78 bits per heavy atom. The predicted octanol–water partition coefficient (Wildman–Crippen LogP) is 4.17. The summed E-state index contributed by atoms with van der Waals surface area (Å²) in [6, 6.07) is 9.00. The smallest absolute Gasteiger partial charge is 0.259 e. The van der Waals surface area contributed by atoms with Gasteiger partial charge in [0.25, 0.3) is 11.5 Å². The maximum atomic E-state index is 13.1. The first kappa shape index (κ1) is 26.3. The van der Waals surface area contributed by atoms with Crippen LogP contribution in [0.15, 0.2) is 52.3 Å². The number of aromatic nitrogens is 4. The Labute approximate surface area is 215 Å². The molecule has 4 aromatic rings. The monoisotopic (exact) mass is 505 g/mol. The summed E-state index contributed by atoms with van der Waals surface area (Å²) < 4.78 is 7.45. The van der Waals surface area contributed by atoms with E-state index in [4.69, 9.17) is 4.74 Å². The number of amides is 1. The third-order valence-corrected chi connectivity index (χ3v) is 6.75. The fourth-order valence-electron chi connectivity index (χ4n) is 4.90. The van der Waals surface area contributed by atoms with Gasteiger partial charge >= 0.3 is 0 Å². The van der Waals surface area contributed by atoms with Gasteiger partial charge in [0.15, 0.2) is 0 Å². The van der Waals surface area contributed by atoms with Gasteiger partial charge in [-0.1, -0.05) is 19.9 Å². The molecule has 1 amide bonds. The summed E-state index contributed by atoms with van der Waals surface area (Å²) in [6.07, 6.45) is 7.11. The third kappa shape index (κ3) is 5.67. The molecule has 2 aliphatic rings. The summed E-state index contributed by atoms with van der Waals surface area (Å²) in [6.45, 7) is 8.96. The number of nitrogens with zero attached hydrogens (tertiary/aromatic N) is 3. The van der Waals surface area contributed by atoms with Crippen LogP contribution in [0.4, 0.5) is 0 Å². The first-order valence-electron chi connectivity index (χ1n) is 13.1. The second-order valence-electron chi connectivity index (χ2n) is 9.09. The van der Waals surface area contributed by atoms with Crippen molar-refractivity contribution in [2.45, 2.75) is 52.5 Å². The van der Waals surface area contributed by atoms with Crippen LogP contribution in [0.25, 0.3) is 21.8 Å². The third-order valence-electron chi connectivity index (χ3n) is 6.75. The molecule has 0 saturated carbocycles. The first-order chi connectivity index (χ1) is 18.0. The molecule has 1 aromatic carbocycles. The molecule has 9 nitrogen and oxygen atoms in total. The normalized spacial score (nSPS) is 15.7. The van der Waals surface area contributed by atoms with E-state index in [1.54, 1.807) is 24.5 Å². The van der Waals surface area contributed by atoms with Gasteiger partial charge in [-0.3, -0.25) is 19.1 Å². The van der Waals surface area contributed by atoms with Crippen LogP contribution in [0, 0.1) is 6.92 Å². The number of H-pyrrole nitrogens is 2.